The van der Waals surface area contributed by atoms with Crippen molar-refractivity contribution in [2.45, 2.75) is 12.8 Å². The van der Waals surface area contributed by atoms with E-state index >= 15 is 0 Å². The Morgan fingerprint density at radius 3 is 3.11 bits per heavy atom. The Balaban J connectivity index is 2.13. The standard InChI is InChI=1S/C13H12ClNO4/c1-2-18-13(17)10-8-5-7(14)6-9-11(8)15(12(10)16)3-4-19-9/h5-6,10H,2-4H2,1H3. The first-order chi connectivity index (χ1) is 9.13. The van der Waals surface area contributed by atoms with Gasteiger partial charge >= 0.3 is 5.97 Å². The predicted octanol–water partition coefficient (Wildman–Crippen LogP) is 1.73. The number of benzene rings is 1. The van der Waals surface area contributed by atoms with Crippen LogP contribution in [0.2, 0.25) is 5.02 Å². The normalized spacial score (nSPS) is 20.0. The zero-order valence-corrected chi connectivity index (χ0v) is 11.1. The van der Waals surface area contributed by atoms with Gasteiger partial charge in [0.1, 0.15) is 12.4 Å². The molecule has 1 amide bonds. The van der Waals surface area contributed by atoms with Crippen molar-refractivity contribution in [3.63, 3.8) is 0 Å². The highest BCUT2D eigenvalue weighted by molar-refractivity contribution is 6.31. The van der Waals surface area contributed by atoms with Gasteiger partial charge in [-0.1, -0.05) is 11.6 Å². The lowest BCUT2D eigenvalue weighted by molar-refractivity contribution is -0.147. The van der Waals surface area contributed by atoms with Crippen LogP contribution >= 0.6 is 11.6 Å². The van der Waals surface area contributed by atoms with E-state index in [9.17, 15) is 9.59 Å². The first kappa shape index (κ1) is 12.3. The number of hydrogen-bond acceptors (Lipinski definition) is 4. The fourth-order valence-electron chi connectivity index (χ4n) is 2.53. The highest BCUT2D eigenvalue weighted by Crippen LogP contribution is 2.47. The molecule has 0 N–H and O–H groups in total. The maximum absolute atomic E-state index is 12.3. The first-order valence-corrected chi connectivity index (χ1v) is 6.45. The maximum Gasteiger partial charge on any atom is 0.323 e. The molecule has 1 atom stereocenters. The zero-order valence-electron chi connectivity index (χ0n) is 10.3. The molecule has 6 heteroatoms. The van der Waals surface area contributed by atoms with E-state index < -0.39 is 11.9 Å². The van der Waals surface area contributed by atoms with Gasteiger partial charge in [0.05, 0.1) is 18.8 Å². The number of carbonyl (C=O) groups is 2. The Morgan fingerprint density at radius 2 is 2.37 bits per heavy atom. The lowest BCUT2D eigenvalue weighted by atomic mass is 10.0. The van der Waals surface area contributed by atoms with Crippen LogP contribution in [0.1, 0.15) is 18.4 Å². The summed E-state index contributed by atoms with van der Waals surface area (Å²) in [6.07, 6.45) is 0. The molecule has 2 heterocycles. The quantitative estimate of drug-likeness (QED) is 0.612. The Kier molecular flexibility index (Phi) is 2.86. The summed E-state index contributed by atoms with van der Waals surface area (Å²) in [6.45, 7) is 2.78. The number of rotatable bonds is 2. The topological polar surface area (TPSA) is 55.8 Å². The van der Waals surface area contributed by atoms with Gasteiger partial charge in [-0.05, 0) is 13.0 Å². The van der Waals surface area contributed by atoms with Crippen LogP contribution in [0.3, 0.4) is 0 Å². The van der Waals surface area contributed by atoms with Crippen molar-refractivity contribution in [3.05, 3.63) is 22.7 Å². The van der Waals surface area contributed by atoms with Crippen LogP contribution in [0.15, 0.2) is 12.1 Å². The summed E-state index contributed by atoms with van der Waals surface area (Å²) in [6, 6.07) is 3.29. The molecular formula is C13H12ClNO4. The van der Waals surface area contributed by atoms with Crippen molar-refractivity contribution in [2.75, 3.05) is 24.7 Å². The minimum Gasteiger partial charge on any atom is -0.489 e. The molecule has 19 heavy (non-hydrogen) atoms. The van der Waals surface area contributed by atoms with Crippen molar-refractivity contribution < 1.29 is 19.1 Å². The van der Waals surface area contributed by atoms with Gasteiger partial charge in [-0.2, -0.15) is 0 Å². The summed E-state index contributed by atoms with van der Waals surface area (Å²) in [5.41, 5.74) is 1.23. The molecule has 0 aliphatic carbocycles. The molecule has 1 aromatic rings. The number of esters is 1. The third-order valence-electron chi connectivity index (χ3n) is 3.26. The van der Waals surface area contributed by atoms with Crippen molar-refractivity contribution >= 4 is 29.2 Å². The molecule has 0 saturated carbocycles. The predicted molar refractivity (Wildman–Crippen MR) is 68.7 cm³/mol. The average molecular weight is 282 g/mol. The van der Waals surface area contributed by atoms with Crippen LogP contribution in [-0.2, 0) is 14.3 Å². The SMILES string of the molecule is CCOC(=O)C1C(=O)N2CCOc3cc(Cl)cc1c32. The molecule has 0 saturated heterocycles. The van der Waals surface area contributed by atoms with E-state index in [4.69, 9.17) is 21.1 Å². The molecule has 3 rings (SSSR count). The van der Waals surface area contributed by atoms with Crippen LogP contribution in [-0.4, -0.2) is 31.6 Å². The van der Waals surface area contributed by atoms with E-state index in [1.165, 1.54) is 0 Å². The molecule has 2 aliphatic heterocycles. The van der Waals surface area contributed by atoms with Gasteiger partial charge in [-0.15, -0.1) is 0 Å². The number of hydrogen-bond donors (Lipinski definition) is 0. The van der Waals surface area contributed by atoms with Crippen molar-refractivity contribution in [3.8, 4) is 5.75 Å². The van der Waals surface area contributed by atoms with Gasteiger partial charge in [0.15, 0.2) is 5.92 Å². The molecule has 1 aromatic carbocycles. The minimum absolute atomic E-state index is 0.238. The molecule has 0 aromatic heterocycles. The largest absolute Gasteiger partial charge is 0.489 e. The van der Waals surface area contributed by atoms with Crippen LogP contribution in [0.5, 0.6) is 5.75 Å². The smallest absolute Gasteiger partial charge is 0.323 e. The molecule has 0 radical (unpaired) electrons. The van der Waals surface area contributed by atoms with Crippen LogP contribution < -0.4 is 9.64 Å². The third kappa shape index (κ3) is 1.76. The molecule has 100 valence electrons. The lowest BCUT2D eigenvalue weighted by Crippen LogP contribution is -2.37. The number of nitrogens with zero attached hydrogens (tertiary/aromatic N) is 1. The molecule has 2 aliphatic rings. The Bertz CT molecular complexity index is 572. The number of halogens is 1. The lowest BCUT2D eigenvalue weighted by Gasteiger charge is -2.25. The molecule has 0 spiro atoms. The van der Waals surface area contributed by atoms with Gasteiger partial charge in [0.2, 0.25) is 5.91 Å². The summed E-state index contributed by atoms with van der Waals surface area (Å²) >= 11 is 6.01. The van der Waals surface area contributed by atoms with E-state index in [2.05, 4.69) is 0 Å². The third-order valence-corrected chi connectivity index (χ3v) is 3.48. The van der Waals surface area contributed by atoms with E-state index in [-0.39, 0.29) is 12.5 Å². The van der Waals surface area contributed by atoms with Crippen molar-refractivity contribution in [2.24, 2.45) is 0 Å². The van der Waals surface area contributed by atoms with E-state index in [1.807, 2.05) is 0 Å². The van der Waals surface area contributed by atoms with Crippen LogP contribution in [0.25, 0.3) is 0 Å². The molecule has 1 unspecified atom stereocenters. The zero-order chi connectivity index (χ0) is 13.6. The fourth-order valence-corrected chi connectivity index (χ4v) is 2.75. The first-order valence-electron chi connectivity index (χ1n) is 6.07. The summed E-state index contributed by atoms with van der Waals surface area (Å²) in [4.78, 5) is 25.9. The Labute approximate surface area is 115 Å². The second-order valence-corrected chi connectivity index (χ2v) is 4.80. The van der Waals surface area contributed by atoms with E-state index in [0.29, 0.717) is 35.2 Å². The van der Waals surface area contributed by atoms with Gasteiger partial charge in [-0.25, -0.2) is 0 Å². The summed E-state index contributed by atoms with van der Waals surface area (Å²) < 4.78 is 10.5. The van der Waals surface area contributed by atoms with E-state index in [1.54, 1.807) is 24.0 Å². The second-order valence-electron chi connectivity index (χ2n) is 4.37. The second kappa shape index (κ2) is 4.42. The molecule has 5 nitrogen and oxygen atoms in total. The fraction of sp³-hybridized carbons (Fsp3) is 0.385. The van der Waals surface area contributed by atoms with Gasteiger partial charge < -0.3 is 14.4 Å². The number of carbonyl (C=O) groups excluding carboxylic acids is 2. The number of ether oxygens (including phenoxy) is 2. The molecule has 0 fully saturated rings. The Hall–Kier alpha value is -1.75. The number of amides is 1. The number of anilines is 1. The van der Waals surface area contributed by atoms with Crippen molar-refractivity contribution in [1.82, 2.24) is 0 Å². The van der Waals surface area contributed by atoms with E-state index in [0.717, 1.165) is 0 Å². The Morgan fingerprint density at radius 1 is 1.58 bits per heavy atom. The van der Waals surface area contributed by atoms with Crippen molar-refractivity contribution in [1.29, 1.82) is 0 Å². The highest BCUT2D eigenvalue weighted by Gasteiger charge is 2.46. The van der Waals surface area contributed by atoms with Gasteiger partial charge in [0.25, 0.3) is 0 Å². The van der Waals surface area contributed by atoms with Gasteiger partial charge in [-0.3, -0.25) is 9.59 Å². The summed E-state index contributed by atoms with van der Waals surface area (Å²) in [7, 11) is 0. The highest BCUT2D eigenvalue weighted by atomic mass is 35.5. The molecule has 0 bridgehead atoms. The van der Waals surface area contributed by atoms with Gasteiger partial charge in [0, 0.05) is 16.7 Å². The minimum atomic E-state index is -0.922. The molecular weight excluding hydrogens is 270 g/mol. The maximum atomic E-state index is 12.3. The average Bonchev–Trinajstić information content (AvgIpc) is 2.64. The monoisotopic (exact) mass is 281 g/mol. The summed E-state index contributed by atoms with van der Waals surface area (Å²) in [5.74, 6) is -1.17. The summed E-state index contributed by atoms with van der Waals surface area (Å²) in [5, 5.41) is 0.444. The van der Waals surface area contributed by atoms with Crippen LogP contribution in [0.4, 0.5) is 5.69 Å². The van der Waals surface area contributed by atoms with Crippen LogP contribution in [0, 0.1) is 0 Å².